The van der Waals surface area contributed by atoms with Gasteiger partial charge in [0.1, 0.15) is 6.33 Å². The van der Waals surface area contributed by atoms with E-state index in [4.69, 9.17) is 0 Å². The van der Waals surface area contributed by atoms with Gasteiger partial charge < -0.3 is 10.6 Å². The van der Waals surface area contributed by atoms with Gasteiger partial charge in [-0.05, 0) is 42.1 Å². The molecule has 124 valence electrons. The number of carbonyl (C=O) groups is 1. The molecule has 0 aliphatic rings. The van der Waals surface area contributed by atoms with Gasteiger partial charge in [0.05, 0.1) is 5.69 Å². The molecule has 0 saturated heterocycles. The van der Waals surface area contributed by atoms with Crippen molar-refractivity contribution in [3.8, 4) is 5.69 Å². The fourth-order valence-corrected chi connectivity index (χ4v) is 2.88. The average molecular weight is 343 g/mol. The molecule has 8 heteroatoms. The van der Waals surface area contributed by atoms with Crippen LogP contribution in [0.2, 0.25) is 0 Å². The smallest absolute Gasteiger partial charge is 0.338 e. The lowest BCUT2D eigenvalue weighted by molar-refractivity contribution is 0.252. The Hall–Kier alpha value is -2.87. The first-order valence-corrected chi connectivity index (χ1v) is 8.30. The molecule has 2 heterocycles. The van der Waals surface area contributed by atoms with E-state index in [2.05, 4.69) is 15.7 Å². The Bertz CT molecular complexity index is 865. The average Bonchev–Trinajstić information content (AvgIpc) is 3.20. The quantitative estimate of drug-likeness (QED) is 0.743. The fraction of sp³-hybridized carbons (Fsp3) is 0.188. The number of rotatable bonds is 5. The van der Waals surface area contributed by atoms with Crippen molar-refractivity contribution < 1.29 is 4.79 Å². The van der Waals surface area contributed by atoms with Crippen molar-refractivity contribution in [1.29, 1.82) is 0 Å². The third kappa shape index (κ3) is 3.72. The van der Waals surface area contributed by atoms with Gasteiger partial charge >= 0.3 is 11.7 Å². The molecule has 0 spiro atoms. The summed E-state index contributed by atoms with van der Waals surface area (Å²) in [6.07, 6.45) is 2.27. The highest BCUT2D eigenvalue weighted by molar-refractivity contribution is 7.09. The zero-order valence-corrected chi connectivity index (χ0v) is 13.9. The zero-order valence-electron chi connectivity index (χ0n) is 13.1. The van der Waals surface area contributed by atoms with Crippen LogP contribution in [-0.4, -0.2) is 26.9 Å². The van der Waals surface area contributed by atoms with E-state index in [1.807, 2.05) is 17.5 Å². The number of aryl methyl sites for hydroxylation is 1. The Morgan fingerprint density at radius 2 is 2.04 bits per heavy atom. The maximum Gasteiger partial charge on any atom is 0.350 e. The lowest BCUT2D eigenvalue weighted by Gasteiger charge is -2.08. The Kier molecular flexibility index (Phi) is 4.76. The molecular formula is C16H17N5O2S. The van der Waals surface area contributed by atoms with Crippen LogP contribution in [0, 0.1) is 0 Å². The van der Waals surface area contributed by atoms with E-state index in [-0.39, 0.29) is 11.7 Å². The minimum Gasteiger partial charge on any atom is -0.338 e. The van der Waals surface area contributed by atoms with Crippen molar-refractivity contribution in [2.45, 2.75) is 6.42 Å². The van der Waals surface area contributed by atoms with Crippen LogP contribution < -0.4 is 16.3 Å². The van der Waals surface area contributed by atoms with E-state index >= 15 is 0 Å². The van der Waals surface area contributed by atoms with Gasteiger partial charge in [0.2, 0.25) is 0 Å². The summed E-state index contributed by atoms with van der Waals surface area (Å²) in [7, 11) is 1.64. The molecule has 2 N–H and O–H groups in total. The second-order valence-electron chi connectivity index (χ2n) is 5.19. The van der Waals surface area contributed by atoms with E-state index in [1.165, 1.54) is 20.5 Å². The molecule has 1 aromatic carbocycles. The lowest BCUT2D eigenvalue weighted by atomic mass is 10.3. The Labute approximate surface area is 142 Å². The topological polar surface area (TPSA) is 81.0 Å². The number of nitrogens with zero attached hydrogens (tertiary/aromatic N) is 3. The maximum atomic E-state index is 11.9. The molecule has 0 radical (unpaired) electrons. The Morgan fingerprint density at radius 1 is 1.25 bits per heavy atom. The van der Waals surface area contributed by atoms with Gasteiger partial charge in [-0.3, -0.25) is 4.57 Å². The summed E-state index contributed by atoms with van der Waals surface area (Å²) in [5.74, 6) is 0. The van der Waals surface area contributed by atoms with Crippen LogP contribution in [0.5, 0.6) is 0 Å². The third-order valence-corrected chi connectivity index (χ3v) is 4.37. The minimum atomic E-state index is -0.255. The van der Waals surface area contributed by atoms with E-state index < -0.39 is 0 Å². The molecule has 3 rings (SSSR count). The van der Waals surface area contributed by atoms with Crippen LogP contribution in [0.15, 0.2) is 52.9 Å². The first-order valence-electron chi connectivity index (χ1n) is 7.42. The molecule has 0 aliphatic carbocycles. The number of amides is 2. The van der Waals surface area contributed by atoms with Crippen LogP contribution in [0.4, 0.5) is 10.5 Å². The number of anilines is 1. The molecule has 0 unspecified atom stereocenters. The first-order chi connectivity index (χ1) is 11.6. The number of nitrogens with one attached hydrogen (secondary N) is 2. The van der Waals surface area contributed by atoms with Crippen molar-refractivity contribution in [3.05, 3.63) is 63.5 Å². The van der Waals surface area contributed by atoms with Crippen LogP contribution in [0.25, 0.3) is 5.69 Å². The highest BCUT2D eigenvalue weighted by Crippen LogP contribution is 2.11. The number of hydrogen-bond acceptors (Lipinski definition) is 4. The predicted molar refractivity (Wildman–Crippen MR) is 93.8 cm³/mol. The molecule has 0 fully saturated rings. The van der Waals surface area contributed by atoms with Gasteiger partial charge in [-0.1, -0.05) is 6.07 Å². The van der Waals surface area contributed by atoms with E-state index in [0.717, 1.165) is 6.42 Å². The second-order valence-corrected chi connectivity index (χ2v) is 6.23. The normalized spacial score (nSPS) is 10.5. The molecule has 0 atom stereocenters. The summed E-state index contributed by atoms with van der Waals surface area (Å²) in [5.41, 5.74) is 1.07. The number of hydrogen-bond donors (Lipinski definition) is 2. The van der Waals surface area contributed by atoms with Crippen molar-refractivity contribution in [1.82, 2.24) is 19.7 Å². The predicted octanol–water partition coefficient (Wildman–Crippen LogP) is 2.00. The SMILES string of the molecule is Cn1cnn(-c2ccc(NC(=O)NCCc3cccs3)cc2)c1=O. The summed E-state index contributed by atoms with van der Waals surface area (Å²) in [5, 5.41) is 11.6. The van der Waals surface area contributed by atoms with Crippen molar-refractivity contribution >= 4 is 23.1 Å². The molecule has 3 aromatic rings. The number of benzene rings is 1. The molecule has 0 bridgehead atoms. The lowest BCUT2D eigenvalue weighted by Crippen LogP contribution is -2.30. The van der Waals surface area contributed by atoms with Gasteiger partial charge in [0.15, 0.2) is 0 Å². The van der Waals surface area contributed by atoms with Crippen molar-refractivity contribution in [2.75, 3.05) is 11.9 Å². The number of aromatic nitrogens is 3. The molecule has 0 aliphatic heterocycles. The summed E-state index contributed by atoms with van der Waals surface area (Å²) in [6, 6.07) is 10.7. The monoisotopic (exact) mass is 343 g/mol. The largest absolute Gasteiger partial charge is 0.350 e. The molecule has 2 amide bonds. The van der Waals surface area contributed by atoms with Gasteiger partial charge in [0.25, 0.3) is 0 Å². The highest BCUT2D eigenvalue weighted by Gasteiger charge is 2.06. The maximum absolute atomic E-state index is 11.9. The van der Waals surface area contributed by atoms with Gasteiger partial charge in [-0.2, -0.15) is 9.78 Å². The zero-order chi connectivity index (χ0) is 16.9. The first kappa shape index (κ1) is 16.0. The minimum absolute atomic E-state index is 0.220. The van der Waals surface area contributed by atoms with Gasteiger partial charge in [-0.25, -0.2) is 9.59 Å². The fourth-order valence-electron chi connectivity index (χ4n) is 2.17. The summed E-state index contributed by atoms with van der Waals surface area (Å²) >= 11 is 1.67. The van der Waals surface area contributed by atoms with Crippen LogP contribution >= 0.6 is 11.3 Å². The summed E-state index contributed by atoms with van der Waals surface area (Å²) in [4.78, 5) is 24.9. The standard InChI is InChI=1S/C16H17N5O2S/c1-20-11-18-21(16(20)23)13-6-4-12(5-7-13)19-15(22)17-9-8-14-3-2-10-24-14/h2-7,10-11H,8-9H2,1H3,(H2,17,19,22). The van der Waals surface area contributed by atoms with E-state index in [0.29, 0.717) is 17.9 Å². The summed E-state index contributed by atoms with van der Waals surface area (Å²) in [6.45, 7) is 0.577. The molecular weight excluding hydrogens is 326 g/mol. The molecule has 24 heavy (non-hydrogen) atoms. The number of thiophene rings is 1. The van der Waals surface area contributed by atoms with Crippen LogP contribution in [-0.2, 0) is 13.5 Å². The summed E-state index contributed by atoms with van der Waals surface area (Å²) < 4.78 is 2.69. The van der Waals surface area contributed by atoms with Crippen molar-refractivity contribution in [3.63, 3.8) is 0 Å². The third-order valence-electron chi connectivity index (χ3n) is 3.43. The Balaban J connectivity index is 1.55. The molecule has 0 saturated carbocycles. The highest BCUT2D eigenvalue weighted by atomic mass is 32.1. The van der Waals surface area contributed by atoms with E-state index in [9.17, 15) is 9.59 Å². The van der Waals surface area contributed by atoms with E-state index in [1.54, 1.807) is 42.6 Å². The number of urea groups is 1. The number of carbonyl (C=O) groups excluding carboxylic acids is 1. The van der Waals surface area contributed by atoms with Crippen LogP contribution in [0.1, 0.15) is 4.88 Å². The van der Waals surface area contributed by atoms with Crippen LogP contribution in [0.3, 0.4) is 0 Å². The second kappa shape index (κ2) is 7.14. The van der Waals surface area contributed by atoms with Gasteiger partial charge in [0, 0.05) is 24.2 Å². The molecule has 7 nitrogen and oxygen atoms in total. The van der Waals surface area contributed by atoms with Crippen molar-refractivity contribution in [2.24, 2.45) is 7.05 Å². The Morgan fingerprint density at radius 3 is 2.67 bits per heavy atom. The molecule has 2 aromatic heterocycles. The van der Waals surface area contributed by atoms with Gasteiger partial charge in [-0.15, -0.1) is 11.3 Å².